The molecule has 0 spiro atoms. The Morgan fingerprint density at radius 2 is 1.23 bits per heavy atom. The maximum atomic E-state index is 15.4. The fourth-order valence-corrected chi connectivity index (χ4v) is 17.4. The Morgan fingerprint density at radius 1 is 0.673 bits per heavy atom. The number of allylic oxidation sites excluding steroid dienone is 1. The molecule has 0 radical (unpaired) electrons. The number of sulfonamides is 1. The lowest BCUT2D eigenvalue weighted by molar-refractivity contribution is -0.137. The Balaban J connectivity index is 1.20. The van der Waals surface area contributed by atoms with E-state index < -0.39 is 139 Å². The van der Waals surface area contributed by atoms with Gasteiger partial charge in [-0.1, -0.05) is 185 Å². The molecule has 554 valence electrons. The van der Waals surface area contributed by atoms with Crippen LogP contribution in [0.15, 0.2) is 176 Å². The molecule has 8 rings (SSSR count). The first kappa shape index (κ1) is 80.7. The summed E-state index contributed by atoms with van der Waals surface area (Å²) in [4.78, 5) is 133. The van der Waals surface area contributed by atoms with Gasteiger partial charge in [0.2, 0.25) is 51.4 Å². The van der Waals surface area contributed by atoms with E-state index in [0.29, 0.717) is 23.1 Å². The topological polar surface area (TPSA) is 360 Å². The summed E-state index contributed by atoms with van der Waals surface area (Å²) in [6.07, 6.45) is 0.167. The van der Waals surface area contributed by atoms with Crippen LogP contribution in [0.5, 0.6) is 5.75 Å². The molecule has 12 N–H and O–H groups in total. The Hall–Kier alpha value is -8.99. The van der Waals surface area contributed by atoms with Crippen LogP contribution >= 0.6 is 33.3 Å². The monoisotopic (exact) mass is 1500 g/mol. The van der Waals surface area contributed by atoms with E-state index in [1.54, 1.807) is 77.1 Å². The van der Waals surface area contributed by atoms with Crippen molar-refractivity contribution in [3.05, 3.63) is 215 Å². The van der Waals surface area contributed by atoms with Crippen molar-refractivity contribution in [2.75, 3.05) is 24.3 Å². The Morgan fingerprint density at radius 3 is 1.81 bits per heavy atom. The van der Waals surface area contributed by atoms with E-state index in [0.717, 1.165) is 55.7 Å². The van der Waals surface area contributed by atoms with Crippen LogP contribution in [-0.4, -0.2) is 155 Å². The minimum atomic E-state index is -4.08. The van der Waals surface area contributed by atoms with Gasteiger partial charge in [-0.05, 0) is 137 Å². The summed E-state index contributed by atoms with van der Waals surface area (Å²) in [6.45, 7) is 9.95. The van der Waals surface area contributed by atoms with E-state index in [9.17, 15) is 33.0 Å². The third-order valence-electron chi connectivity index (χ3n) is 17.6. The van der Waals surface area contributed by atoms with Gasteiger partial charge in [0.25, 0.3) is 0 Å². The van der Waals surface area contributed by atoms with Crippen LogP contribution in [0.25, 0.3) is 5.57 Å². The van der Waals surface area contributed by atoms with Crippen LogP contribution < -0.4 is 47.7 Å². The van der Waals surface area contributed by atoms with Crippen molar-refractivity contribution < 1.29 is 66.5 Å². The average Bonchev–Trinajstić information content (AvgIpc) is 0.845. The highest BCUT2D eigenvalue weighted by Crippen LogP contribution is 2.54. The van der Waals surface area contributed by atoms with Gasteiger partial charge in [0, 0.05) is 41.6 Å². The molecule has 0 bridgehead atoms. The van der Waals surface area contributed by atoms with Gasteiger partial charge in [0.05, 0.1) is 23.1 Å². The van der Waals surface area contributed by atoms with Gasteiger partial charge >= 0.3 is 6.09 Å². The first-order chi connectivity index (χ1) is 49.4. The van der Waals surface area contributed by atoms with Gasteiger partial charge < -0.3 is 57.9 Å². The van der Waals surface area contributed by atoms with Gasteiger partial charge in [-0.25, -0.2) is 17.9 Å². The van der Waals surface area contributed by atoms with Gasteiger partial charge in [-0.15, -0.1) is 11.8 Å². The normalized spacial score (nSPS) is 19.9. The number of amides is 8. The van der Waals surface area contributed by atoms with Crippen molar-refractivity contribution in [1.82, 2.24) is 41.9 Å². The minimum absolute atomic E-state index is 0.0832. The number of phenolic OH excluding ortho intramolecular Hbond substituents is 1. The van der Waals surface area contributed by atoms with E-state index in [1.807, 2.05) is 121 Å². The zero-order valence-electron chi connectivity index (χ0n) is 59.2. The molecule has 0 aromatic heterocycles. The molecule has 9 atom stereocenters. The van der Waals surface area contributed by atoms with Crippen LogP contribution in [0.2, 0.25) is 0 Å². The van der Waals surface area contributed by atoms with Gasteiger partial charge in [0.15, 0.2) is 5.78 Å². The molecule has 0 unspecified atom stereocenters. The van der Waals surface area contributed by atoms with Crippen molar-refractivity contribution in [2.24, 2.45) is 11.7 Å². The largest absolute Gasteiger partial charge is 0.508 e. The number of carbonyl (C=O) groups is 9. The first-order valence-corrected chi connectivity index (χ1v) is 39.6. The fourth-order valence-electron chi connectivity index (χ4n) is 12.4. The van der Waals surface area contributed by atoms with Crippen LogP contribution in [0.1, 0.15) is 113 Å². The smallest absolute Gasteiger partial charge is 0.407 e. The number of Topliss-reactive ketones (excluding diaryl/α,β-unsaturated/α-hetero) is 1. The minimum Gasteiger partial charge on any atom is -0.508 e. The summed E-state index contributed by atoms with van der Waals surface area (Å²) in [7, 11) is -2.17. The van der Waals surface area contributed by atoms with E-state index in [1.165, 1.54) is 30.8 Å². The number of carbonyl (C=O) groups excluding carboxylic acids is 9. The molecule has 1 fully saturated rings. The number of primary amides is 1. The van der Waals surface area contributed by atoms with E-state index >= 15 is 28.8 Å². The van der Waals surface area contributed by atoms with E-state index in [4.69, 9.17) is 10.5 Å². The number of hydrogen-bond acceptors (Lipinski definition) is 17. The number of unbranched alkanes of at least 4 members (excludes halogenated alkanes) is 1. The summed E-state index contributed by atoms with van der Waals surface area (Å²) in [5.41, 5.74) is 11.5. The molecular weight excluding hydrogens is 1400 g/mol. The van der Waals surface area contributed by atoms with Crippen LogP contribution in [0.4, 0.5) is 4.79 Å². The molecule has 6 aromatic rings. The fraction of sp³-hybridized carbons (Fsp3) is 0.390. The summed E-state index contributed by atoms with van der Waals surface area (Å²) in [6, 6.07) is 39.9. The van der Waals surface area contributed by atoms with Crippen molar-refractivity contribution in [2.45, 2.75) is 156 Å². The number of phenols is 1. The zero-order chi connectivity index (χ0) is 75.4. The number of nitrogens with two attached hydrogens (primary N) is 1. The number of hydrogen-bond donors (Lipinski definition) is 11. The van der Waals surface area contributed by atoms with Crippen molar-refractivity contribution in [1.29, 1.82) is 0 Å². The molecule has 1 aliphatic heterocycles. The lowest BCUT2D eigenvalue weighted by atomic mass is 9.84. The SMILES string of the molecule is C[C@@H](O)[C@@H]1NC(=O)[C@H](CCCCNC(=O)OC(C)(C)C)NC(=O)[C@@H](CC2=CCc3ccccc32)NC(=O)[C@H](Cc2ccc(O)cc2)CC(=O)[C@@H](NC(=O)[C@@H](Cc2ccccc2)NS(C)(=O)=O)CSSC[C@@H](C(=O)N[C@H](C(N)=O)C(C)(C)SC(c2ccccc2)(c2ccccc2)c2ccccc2)NC1=O. The van der Waals surface area contributed by atoms with E-state index in [-0.39, 0.29) is 62.3 Å². The van der Waals surface area contributed by atoms with Gasteiger partial charge in [-0.3, -0.25) is 38.4 Å². The maximum absolute atomic E-state index is 15.4. The van der Waals surface area contributed by atoms with Crippen molar-refractivity contribution in [3.63, 3.8) is 0 Å². The zero-order valence-corrected chi connectivity index (χ0v) is 62.5. The lowest BCUT2D eigenvalue weighted by Gasteiger charge is -2.44. The molecule has 23 nitrogen and oxygen atoms in total. The number of ketones is 1. The number of thioether (sulfide) groups is 1. The Bertz CT molecular complexity index is 4020. The maximum Gasteiger partial charge on any atom is 0.407 e. The number of alkyl carbamates (subject to hydrolysis) is 1. The predicted octanol–water partition coefficient (Wildman–Crippen LogP) is 7.07. The molecule has 1 heterocycles. The van der Waals surface area contributed by atoms with Crippen molar-refractivity contribution in [3.8, 4) is 5.75 Å². The Labute approximate surface area is 619 Å². The van der Waals surface area contributed by atoms with Gasteiger partial charge in [0.1, 0.15) is 47.6 Å². The second-order valence-electron chi connectivity index (χ2n) is 27.5. The molecule has 2 aliphatic rings. The number of ether oxygens (including phenoxy) is 1. The van der Waals surface area contributed by atoms with Crippen LogP contribution in [0, 0.1) is 5.92 Å². The third-order valence-corrected chi connectivity index (χ3v) is 22.5. The molecule has 0 saturated carbocycles. The number of aliphatic hydroxyl groups is 1. The van der Waals surface area contributed by atoms with E-state index in [2.05, 4.69) is 41.9 Å². The number of aliphatic hydroxyl groups excluding tert-OH is 1. The molecule has 1 aliphatic carbocycles. The molecule has 8 amide bonds. The first-order valence-electron chi connectivity index (χ1n) is 34.4. The van der Waals surface area contributed by atoms with Crippen LogP contribution in [-0.2, 0) is 77.1 Å². The van der Waals surface area contributed by atoms with Crippen molar-refractivity contribution >= 4 is 102 Å². The molecule has 1 saturated heterocycles. The molecular formula is C77H93N9O14S4. The third kappa shape index (κ3) is 23.3. The number of rotatable bonds is 25. The second-order valence-corrected chi connectivity index (χ2v) is 33.7. The summed E-state index contributed by atoms with van der Waals surface area (Å²) < 4.78 is 31.4. The standard InChI is InChI=1S/C77H93N9O14S4/c1-48(87)65-73(96)83-63(72(95)85-66(67(78)90)76(5,6)103-77(54-27-14-9-15-28-54,55-29-16-10-17-30-55)56-31-18-11-19-32-56)47-102-101-46-62(82-71(94)61(86-104(7,98)99)43-49-24-12-8-13-25-49)64(89)45-53(42-50-35-39-57(88)40-36-50)68(91)81-60(44-52-38-37-51-26-20-21-33-58(51)52)70(93)80-59(69(92)84-65)34-22-23-41-79-74(97)100-75(2,3)4/h8-21,24-33,35-36,38-40,48,53,59-63,65-66,86-88H,22-23,34,37,41-47H2,1-7H3,(H2,78,90)(H,79,97)(H,80,93)(H,81,91)(H,82,94)(H,83,96)(H,84,92)(H,85,95)/t48-,53-,59+,60-,61-,62+,63+,65+,66-/m1/s1. The highest BCUT2D eigenvalue weighted by Gasteiger charge is 2.48. The summed E-state index contributed by atoms with van der Waals surface area (Å²) in [5, 5.41) is 41.2. The number of benzene rings is 6. The quantitative estimate of drug-likeness (QED) is 0.0155. The summed E-state index contributed by atoms with van der Waals surface area (Å²) in [5.74, 6) is -9.28. The molecule has 104 heavy (non-hydrogen) atoms. The number of nitrogens with one attached hydrogen (secondary N) is 8. The Kier molecular flexibility index (Phi) is 28.8. The average molecular weight is 1500 g/mol. The lowest BCUT2D eigenvalue weighted by Crippen LogP contribution is -2.63. The predicted molar refractivity (Wildman–Crippen MR) is 406 cm³/mol. The summed E-state index contributed by atoms with van der Waals surface area (Å²) >= 11 is 1.36. The molecule has 27 heteroatoms. The highest BCUT2D eigenvalue weighted by molar-refractivity contribution is 8.76. The van der Waals surface area contributed by atoms with Gasteiger partial charge in [-0.2, -0.15) is 0 Å². The van der Waals surface area contributed by atoms with Crippen LogP contribution in [0.3, 0.4) is 0 Å². The second kappa shape index (κ2) is 37.1. The molecule has 6 aromatic carbocycles. The number of aromatic hydroxyl groups is 1. The number of fused-ring (bicyclic) bond motifs is 1. The highest BCUT2D eigenvalue weighted by atomic mass is 33.1.